The Morgan fingerprint density at radius 2 is 1.27 bits per heavy atom. The minimum absolute atomic E-state index is 0.150. The number of fused-ring (bicyclic) bond motifs is 4. The molecule has 0 saturated heterocycles. The van der Waals surface area contributed by atoms with Gasteiger partial charge in [-0.05, 0) is 0 Å². The molecule has 2 nitrogen and oxygen atoms in total. The van der Waals surface area contributed by atoms with Crippen molar-refractivity contribution in [1.82, 2.24) is 4.98 Å². The number of aromatic nitrogens is 1. The summed E-state index contributed by atoms with van der Waals surface area (Å²) in [6, 6.07) is 43.2. The van der Waals surface area contributed by atoms with E-state index in [2.05, 4.69) is 103 Å². The molecule has 1 aromatic heterocycles. The van der Waals surface area contributed by atoms with Crippen LogP contribution < -0.4 is 13.8 Å². The summed E-state index contributed by atoms with van der Waals surface area (Å²) in [6.45, 7) is 2.10. The SMILES string of the molecule is Cc1ccc(N2c3ccccc3[Se]c3ccccc32)c2nc(-c3ccc(C(F)(F)F)cc3)cc(-c3cccc4ccccc34)c12. The first-order valence-corrected chi connectivity index (χ1v) is 16.3. The van der Waals surface area contributed by atoms with Crippen LogP contribution in [0.3, 0.4) is 0 Å². The molecule has 6 heteroatoms. The predicted molar refractivity (Wildman–Crippen MR) is 180 cm³/mol. The van der Waals surface area contributed by atoms with Gasteiger partial charge in [0.05, 0.1) is 0 Å². The van der Waals surface area contributed by atoms with Crippen LogP contribution in [-0.4, -0.2) is 19.9 Å². The third kappa shape index (κ3) is 4.69. The first-order chi connectivity index (χ1) is 21.9. The van der Waals surface area contributed by atoms with Gasteiger partial charge in [-0.15, -0.1) is 0 Å². The third-order valence-electron chi connectivity index (χ3n) is 8.41. The van der Waals surface area contributed by atoms with Crippen LogP contribution >= 0.6 is 0 Å². The summed E-state index contributed by atoms with van der Waals surface area (Å²) in [6.07, 6.45) is -4.41. The Balaban J connectivity index is 1.46. The van der Waals surface area contributed by atoms with Gasteiger partial charge in [0.25, 0.3) is 0 Å². The van der Waals surface area contributed by atoms with Gasteiger partial charge in [0.2, 0.25) is 0 Å². The van der Waals surface area contributed by atoms with E-state index in [0.717, 1.165) is 67.6 Å². The van der Waals surface area contributed by atoms with Crippen molar-refractivity contribution >= 4 is 62.6 Å². The molecule has 0 atom stereocenters. The monoisotopic (exact) mass is 658 g/mol. The van der Waals surface area contributed by atoms with Crippen molar-refractivity contribution in [2.45, 2.75) is 13.1 Å². The van der Waals surface area contributed by atoms with Crippen molar-refractivity contribution in [3.05, 3.63) is 145 Å². The molecule has 0 N–H and O–H groups in total. The quantitative estimate of drug-likeness (QED) is 0.176. The average Bonchev–Trinajstić information content (AvgIpc) is 3.06. The van der Waals surface area contributed by atoms with Gasteiger partial charge in [-0.2, -0.15) is 13.2 Å². The zero-order chi connectivity index (χ0) is 30.7. The van der Waals surface area contributed by atoms with E-state index in [1.165, 1.54) is 21.1 Å². The fourth-order valence-electron chi connectivity index (χ4n) is 6.29. The second-order valence-corrected chi connectivity index (χ2v) is 13.4. The Morgan fingerprint density at radius 3 is 1.98 bits per heavy atom. The maximum absolute atomic E-state index is 13.5. The number of para-hydroxylation sites is 2. The summed E-state index contributed by atoms with van der Waals surface area (Å²) in [7, 11) is 0. The Kier molecular flexibility index (Phi) is 6.52. The molecular weight excluding hydrogens is 632 g/mol. The summed E-state index contributed by atoms with van der Waals surface area (Å²) >= 11 is 0.150. The number of hydrogen-bond donors (Lipinski definition) is 0. The van der Waals surface area contributed by atoms with Crippen molar-refractivity contribution in [2.24, 2.45) is 0 Å². The third-order valence-corrected chi connectivity index (χ3v) is 10.8. The first kappa shape index (κ1) is 27.6. The van der Waals surface area contributed by atoms with Crippen molar-refractivity contribution < 1.29 is 13.2 Å². The van der Waals surface area contributed by atoms with Gasteiger partial charge < -0.3 is 0 Å². The molecule has 218 valence electrons. The molecule has 6 aromatic carbocycles. The predicted octanol–water partition coefficient (Wildman–Crippen LogP) is 9.49. The summed E-state index contributed by atoms with van der Waals surface area (Å²) in [5, 5.41) is 3.24. The average molecular weight is 658 g/mol. The number of nitrogens with zero attached hydrogens (tertiary/aromatic N) is 2. The van der Waals surface area contributed by atoms with Crippen LogP contribution in [0.4, 0.5) is 30.2 Å². The second kappa shape index (κ2) is 10.6. The Hall–Kier alpha value is -4.90. The van der Waals surface area contributed by atoms with Gasteiger partial charge in [-0.3, -0.25) is 0 Å². The van der Waals surface area contributed by atoms with Crippen LogP contribution in [0, 0.1) is 6.92 Å². The van der Waals surface area contributed by atoms with Crippen LogP contribution in [0.15, 0.2) is 133 Å². The molecular formula is C39H25F3N2Se. The molecule has 0 radical (unpaired) electrons. The number of aryl methyl sites for hydroxylation is 1. The summed E-state index contributed by atoms with van der Waals surface area (Å²) < 4.78 is 43.0. The van der Waals surface area contributed by atoms with Gasteiger partial charge >= 0.3 is 253 Å². The van der Waals surface area contributed by atoms with Gasteiger partial charge in [-0.1, -0.05) is 0 Å². The zero-order valence-corrected chi connectivity index (χ0v) is 25.9. The van der Waals surface area contributed by atoms with Crippen LogP contribution in [-0.2, 0) is 6.18 Å². The van der Waals surface area contributed by atoms with E-state index in [1.54, 1.807) is 0 Å². The second-order valence-electron chi connectivity index (χ2n) is 11.2. The van der Waals surface area contributed by atoms with Crippen LogP contribution in [0.25, 0.3) is 44.1 Å². The number of alkyl halides is 3. The van der Waals surface area contributed by atoms with Gasteiger partial charge in [0.15, 0.2) is 0 Å². The van der Waals surface area contributed by atoms with Crippen molar-refractivity contribution in [2.75, 3.05) is 4.90 Å². The Morgan fingerprint density at radius 1 is 0.622 bits per heavy atom. The van der Waals surface area contributed by atoms with E-state index >= 15 is 0 Å². The van der Waals surface area contributed by atoms with Crippen LogP contribution in [0.2, 0.25) is 0 Å². The number of benzene rings is 6. The van der Waals surface area contributed by atoms with Gasteiger partial charge in [0.1, 0.15) is 0 Å². The molecule has 0 aliphatic carbocycles. The minimum atomic E-state index is -4.41. The number of hydrogen-bond acceptors (Lipinski definition) is 2. The van der Waals surface area contributed by atoms with Crippen molar-refractivity contribution in [3.8, 4) is 22.4 Å². The molecule has 45 heavy (non-hydrogen) atoms. The molecule has 0 bridgehead atoms. The number of rotatable bonds is 3. The molecule has 0 saturated carbocycles. The summed E-state index contributed by atoms with van der Waals surface area (Å²) in [5.41, 5.74) is 7.66. The maximum atomic E-state index is 13.5. The van der Waals surface area contributed by atoms with E-state index in [-0.39, 0.29) is 15.0 Å². The molecule has 8 rings (SSSR count). The first-order valence-electron chi connectivity index (χ1n) is 14.6. The fraction of sp³-hybridized carbons (Fsp3) is 0.0513. The van der Waals surface area contributed by atoms with Crippen LogP contribution in [0.5, 0.6) is 0 Å². The Labute approximate surface area is 265 Å². The molecule has 0 amide bonds. The molecule has 2 heterocycles. The number of pyridine rings is 1. The van der Waals surface area contributed by atoms with E-state index < -0.39 is 11.7 Å². The van der Waals surface area contributed by atoms with Crippen LogP contribution in [0.1, 0.15) is 11.1 Å². The molecule has 1 aliphatic rings. The molecule has 0 spiro atoms. The topological polar surface area (TPSA) is 16.1 Å². The standard InChI is InChI=1S/C39H25F3N2Se/c1-24-17-22-34(44-32-13-4-6-15-35(32)45-36-16-7-5-14-33(36)44)38-37(24)30(29-12-8-10-25-9-2-3-11-28(25)29)23-31(43-38)26-18-20-27(21-19-26)39(40,41)42/h2-23H,1H3. The molecule has 0 unspecified atom stereocenters. The normalized spacial score (nSPS) is 12.8. The molecule has 7 aromatic rings. The van der Waals surface area contributed by atoms with E-state index in [0.29, 0.717) is 11.3 Å². The van der Waals surface area contributed by atoms with Crippen molar-refractivity contribution in [1.29, 1.82) is 0 Å². The summed E-state index contributed by atoms with van der Waals surface area (Å²) in [4.78, 5) is 7.57. The fourth-order valence-corrected chi connectivity index (χ4v) is 8.51. The van der Waals surface area contributed by atoms with Gasteiger partial charge in [0, 0.05) is 0 Å². The van der Waals surface area contributed by atoms with E-state index in [1.807, 2.05) is 18.2 Å². The van der Waals surface area contributed by atoms with Gasteiger partial charge in [-0.25, -0.2) is 0 Å². The molecule has 1 aliphatic heterocycles. The zero-order valence-electron chi connectivity index (χ0n) is 24.1. The number of anilines is 3. The summed E-state index contributed by atoms with van der Waals surface area (Å²) in [5.74, 6) is 0. The van der Waals surface area contributed by atoms with E-state index in [9.17, 15) is 13.2 Å². The van der Waals surface area contributed by atoms with Crippen molar-refractivity contribution in [3.63, 3.8) is 0 Å². The Bertz CT molecular complexity index is 2210. The van der Waals surface area contributed by atoms with E-state index in [4.69, 9.17) is 4.98 Å². The number of halogens is 3. The molecule has 0 fully saturated rings.